The zero-order valence-electron chi connectivity index (χ0n) is 12.7. The molecule has 0 aromatic heterocycles. The third-order valence-corrected chi connectivity index (χ3v) is 3.75. The highest BCUT2D eigenvalue weighted by molar-refractivity contribution is 5.33. The van der Waals surface area contributed by atoms with Gasteiger partial charge in [-0.2, -0.15) is 0 Å². The standard InChI is InChI=1S/C17H27NO/c1-13(2)19-16-7-5-6-14(12-16)17(3,4)10-11-18-15-8-9-15/h5-7,12-13,15,18H,8-11H2,1-4H3. The predicted molar refractivity (Wildman–Crippen MR) is 80.9 cm³/mol. The van der Waals surface area contributed by atoms with Crippen LogP contribution in [0.5, 0.6) is 5.75 Å². The maximum absolute atomic E-state index is 5.79. The van der Waals surface area contributed by atoms with Crippen molar-refractivity contribution in [2.24, 2.45) is 0 Å². The van der Waals surface area contributed by atoms with E-state index in [-0.39, 0.29) is 11.5 Å². The summed E-state index contributed by atoms with van der Waals surface area (Å²) in [6.45, 7) is 9.87. The summed E-state index contributed by atoms with van der Waals surface area (Å²) in [5.41, 5.74) is 1.56. The molecule has 106 valence electrons. The summed E-state index contributed by atoms with van der Waals surface area (Å²) in [6.07, 6.45) is 4.11. The van der Waals surface area contributed by atoms with E-state index in [0.29, 0.717) is 0 Å². The lowest BCUT2D eigenvalue weighted by atomic mass is 9.81. The predicted octanol–water partition coefficient (Wildman–Crippen LogP) is 3.89. The van der Waals surface area contributed by atoms with E-state index in [0.717, 1.165) is 24.8 Å². The smallest absolute Gasteiger partial charge is 0.119 e. The molecule has 0 bridgehead atoms. The fraction of sp³-hybridized carbons (Fsp3) is 0.647. The van der Waals surface area contributed by atoms with Crippen molar-refractivity contribution in [3.8, 4) is 5.75 Å². The molecule has 1 aromatic rings. The van der Waals surface area contributed by atoms with Gasteiger partial charge in [0, 0.05) is 6.04 Å². The molecule has 0 amide bonds. The Bertz CT molecular complexity index is 407. The molecule has 0 heterocycles. The Labute approximate surface area is 117 Å². The molecule has 1 fully saturated rings. The van der Waals surface area contributed by atoms with Gasteiger partial charge < -0.3 is 10.1 Å². The van der Waals surface area contributed by atoms with Crippen molar-refractivity contribution in [1.82, 2.24) is 5.32 Å². The molecule has 2 rings (SSSR count). The van der Waals surface area contributed by atoms with Crippen molar-refractivity contribution < 1.29 is 4.74 Å². The molecule has 2 heteroatoms. The van der Waals surface area contributed by atoms with E-state index < -0.39 is 0 Å². The lowest BCUT2D eigenvalue weighted by molar-refractivity contribution is 0.241. The average Bonchev–Trinajstić information content (AvgIpc) is 3.12. The van der Waals surface area contributed by atoms with Gasteiger partial charge >= 0.3 is 0 Å². The Morgan fingerprint density at radius 2 is 2.05 bits per heavy atom. The fourth-order valence-electron chi connectivity index (χ4n) is 2.28. The van der Waals surface area contributed by atoms with Gasteiger partial charge in [-0.25, -0.2) is 0 Å². The van der Waals surface area contributed by atoms with Crippen LogP contribution in [-0.2, 0) is 5.41 Å². The average molecular weight is 261 g/mol. The molecule has 0 atom stereocenters. The molecule has 0 saturated heterocycles. The Hall–Kier alpha value is -1.02. The van der Waals surface area contributed by atoms with Gasteiger partial charge in [0.25, 0.3) is 0 Å². The van der Waals surface area contributed by atoms with E-state index in [4.69, 9.17) is 4.74 Å². The van der Waals surface area contributed by atoms with Crippen LogP contribution in [0.3, 0.4) is 0 Å². The minimum Gasteiger partial charge on any atom is -0.491 e. The van der Waals surface area contributed by atoms with Crippen LogP contribution < -0.4 is 10.1 Å². The van der Waals surface area contributed by atoms with E-state index in [9.17, 15) is 0 Å². The second-order valence-corrected chi connectivity index (χ2v) is 6.56. The summed E-state index contributed by atoms with van der Waals surface area (Å²) < 4.78 is 5.79. The van der Waals surface area contributed by atoms with Crippen molar-refractivity contribution in [2.75, 3.05) is 6.54 Å². The molecule has 1 aliphatic rings. The van der Waals surface area contributed by atoms with Gasteiger partial charge in [-0.15, -0.1) is 0 Å². The monoisotopic (exact) mass is 261 g/mol. The minimum absolute atomic E-state index is 0.193. The normalized spacial score (nSPS) is 15.8. The number of benzene rings is 1. The molecule has 1 aliphatic carbocycles. The molecule has 1 aromatic carbocycles. The van der Waals surface area contributed by atoms with Crippen molar-refractivity contribution in [3.05, 3.63) is 29.8 Å². The number of rotatable bonds is 7. The van der Waals surface area contributed by atoms with Gasteiger partial charge in [-0.1, -0.05) is 26.0 Å². The molecule has 19 heavy (non-hydrogen) atoms. The zero-order chi connectivity index (χ0) is 13.9. The van der Waals surface area contributed by atoms with E-state index in [1.54, 1.807) is 0 Å². The number of hydrogen-bond acceptors (Lipinski definition) is 2. The maximum atomic E-state index is 5.79. The number of hydrogen-bond donors (Lipinski definition) is 1. The van der Waals surface area contributed by atoms with Gasteiger partial charge in [-0.05, 0) is 62.8 Å². The van der Waals surface area contributed by atoms with Crippen molar-refractivity contribution >= 4 is 0 Å². The number of ether oxygens (including phenoxy) is 1. The molecular weight excluding hydrogens is 234 g/mol. The van der Waals surface area contributed by atoms with Crippen LogP contribution in [-0.4, -0.2) is 18.7 Å². The second-order valence-electron chi connectivity index (χ2n) is 6.56. The fourth-order valence-corrected chi connectivity index (χ4v) is 2.28. The molecule has 1 saturated carbocycles. The third kappa shape index (κ3) is 4.54. The Morgan fingerprint density at radius 3 is 2.68 bits per heavy atom. The van der Waals surface area contributed by atoms with Crippen LogP contribution >= 0.6 is 0 Å². The van der Waals surface area contributed by atoms with Crippen LogP contribution in [0, 0.1) is 0 Å². The second kappa shape index (κ2) is 5.96. The Balaban J connectivity index is 1.96. The first-order valence-corrected chi connectivity index (χ1v) is 7.48. The summed E-state index contributed by atoms with van der Waals surface area (Å²) in [5.74, 6) is 0.982. The maximum Gasteiger partial charge on any atom is 0.119 e. The third-order valence-electron chi connectivity index (χ3n) is 3.75. The summed E-state index contributed by atoms with van der Waals surface area (Å²) in [7, 11) is 0. The Kier molecular flexibility index (Phi) is 4.51. The van der Waals surface area contributed by atoms with E-state index in [1.807, 2.05) is 6.07 Å². The quantitative estimate of drug-likeness (QED) is 0.804. The molecule has 0 aliphatic heterocycles. The molecule has 1 N–H and O–H groups in total. The van der Waals surface area contributed by atoms with E-state index in [2.05, 4.69) is 51.2 Å². The van der Waals surface area contributed by atoms with Gasteiger partial charge in [0.15, 0.2) is 0 Å². The summed E-state index contributed by atoms with van der Waals surface area (Å²) in [6, 6.07) is 9.35. The topological polar surface area (TPSA) is 21.3 Å². The number of nitrogens with one attached hydrogen (secondary N) is 1. The molecule has 0 unspecified atom stereocenters. The SMILES string of the molecule is CC(C)Oc1cccc(C(C)(C)CCNC2CC2)c1. The molecule has 2 nitrogen and oxygen atoms in total. The highest BCUT2D eigenvalue weighted by atomic mass is 16.5. The summed E-state index contributed by atoms with van der Waals surface area (Å²) in [4.78, 5) is 0. The van der Waals surface area contributed by atoms with Crippen LogP contribution in [0.15, 0.2) is 24.3 Å². The molecular formula is C17H27NO. The van der Waals surface area contributed by atoms with Crippen LogP contribution in [0.4, 0.5) is 0 Å². The molecule has 0 radical (unpaired) electrons. The van der Waals surface area contributed by atoms with Crippen LogP contribution in [0.2, 0.25) is 0 Å². The molecule has 0 spiro atoms. The van der Waals surface area contributed by atoms with Gasteiger partial charge in [0.1, 0.15) is 5.75 Å². The van der Waals surface area contributed by atoms with Gasteiger partial charge in [0.05, 0.1) is 6.10 Å². The lowest BCUT2D eigenvalue weighted by Gasteiger charge is -2.26. The van der Waals surface area contributed by atoms with E-state index in [1.165, 1.54) is 18.4 Å². The van der Waals surface area contributed by atoms with Crippen LogP contribution in [0.25, 0.3) is 0 Å². The first-order chi connectivity index (χ1) is 8.97. The highest BCUT2D eigenvalue weighted by Gasteiger charge is 2.24. The largest absolute Gasteiger partial charge is 0.491 e. The van der Waals surface area contributed by atoms with Crippen LogP contribution in [0.1, 0.15) is 52.5 Å². The van der Waals surface area contributed by atoms with Gasteiger partial charge in [0.2, 0.25) is 0 Å². The minimum atomic E-state index is 0.193. The zero-order valence-corrected chi connectivity index (χ0v) is 12.7. The highest BCUT2D eigenvalue weighted by Crippen LogP contribution is 2.30. The van der Waals surface area contributed by atoms with E-state index >= 15 is 0 Å². The summed E-state index contributed by atoms with van der Waals surface area (Å²) >= 11 is 0. The van der Waals surface area contributed by atoms with Crippen molar-refractivity contribution in [1.29, 1.82) is 0 Å². The Morgan fingerprint density at radius 1 is 1.32 bits per heavy atom. The van der Waals surface area contributed by atoms with Crippen molar-refractivity contribution in [3.63, 3.8) is 0 Å². The lowest BCUT2D eigenvalue weighted by Crippen LogP contribution is -2.26. The van der Waals surface area contributed by atoms with Crippen molar-refractivity contribution in [2.45, 2.75) is 64.5 Å². The first-order valence-electron chi connectivity index (χ1n) is 7.48. The van der Waals surface area contributed by atoms with Gasteiger partial charge in [-0.3, -0.25) is 0 Å². The first kappa shape index (κ1) is 14.4. The summed E-state index contributed by atoms with van der Waals surface area (Å²) in [5, 5.41) is 3.60.